The van der Waals surface area contributed by atoms with Crippen LogP contribution in [0.4, 0.5) is 0 Å². The van der Waals surface area contributed by atoms with E-state index in [4.69, 9.17) is 0 Å². The van der Waals surface area contributed by atoms with E-state index in [9.17, 15) is 0 Å². The van der Waals surface area contributed by atoms with Gasteiger partial charge in [-0.1, -0.05) is 202 Å². The molecule has 0 aromatic heterocycles. The van der Waals surface area contributed by atoms with E-state index in [1.807, 2.05) is 0 Å². The molecule has 0 N–H and O–H groups in total. The molecule has 45 heavy (non-hydrogen) atoms. The molecule has 0 fully saturated rings. The summed E-state index contributed by atoms with van der Waals surface area (Å²) in [6, 6.07) is 68.3. The summed E-state index contributed by atoms with van der Waals surface area (Å²) in [7, 11) is -1.53. The van der Waals surface area contributed by atoms with Gasteiger partial charge in [0.2, 0.25) is 0 Å². The fourth-order valence-electron chi connectivity index (χ4n) is 7.13. The second-order valence-corrected chi connectivity index (χ2v) is 16.5. The Morgan fingerprint density at radius 3 is 0.889 bits per heavy atom. The van der Waals surface area contributed by atoms with Gasteiger partial charge in [0.25, 0.3) is 0 Å². The summed E-state index contributed by atoms with van der Waals surface area (Å²) in [5, 5.41) is 5.74. The van der Waals surface area contributed by atoms with Crippen molar-refractivity contribution < 1.29 is 0 Å². The van der Waals surface area contributed by atoms with E-state index < -0.39 is 15.8 Å². The van der Waals surface area contributed by atoms with Crippen LogP contribution >= 0.6 is 15.8 Å². The lowest BCUT2D eigenvalue weighted by Crippen LogP contribution is -2.37. The van der Waals surface area contributed by atoms with E-state index in [0.717, 1.165) is 12.8 Å². The molecular weight excluding hydrogens is 578 g/mol. The molecule has 0 saturated heterocycles. The molecule has 0 saturated carbocycles. The summed E-state index contributed by atoms with van der Waals surface area (Å²) in [5.41, 5.74) is 3.34. The predicted octanol–water partition coefficient (Wildman–Crippen LogP) is 10.5. The molecule has 2 atom stereocenters. The summed E-state index contributed by atoms with van der Waals surface area (Å²) >= 11 is 0. The van der Waals surface area contributed by atoms with Crippen molar-refractivity contribution in [2.45, 2.75) is 38.0 Å². The molecule has 6 aromatic carbocycles. The van der Waals surface area contributed by atoms with Gasteiger partial charge in [0.05, 0.1) is 0 Å². The molecule has 0 amide bonds. The van der Waals surface area contributed by atoms with E-state index in [-0.39, 0.29) is 16.7 Å². The highest BCUT2D eigenvalue weighted by molar-refractivity contribution is 7.74. The van der Waals surface area contributed by atoms with Crippen LogP contribution in [0.2, 0.25) is 0 Å². The first-order valence-electron chi connectivity index (χ1n) is 16.1. The van der Waals surface area contributed by atoms with Crippen LogP contribution < -0.4 is 21.2 Å². The largest absolute Gasteiger partial charge is 0.0654 e. The van der Waals surface area contributed by atoms with Gasteiger partial charge in [0.1, 0.15) is 0 Å². The molecule has 0 radical (unpaired) electrons. The fourth-order valence-corrected chi connectivity index (χ4v) is 13.7. The van der Waals surface area contributed by atoms with Crippen LogP contribution in [0.5, 0.6) is 0 Å². The SMILES string of the molecule is CCCC(C)(C(c1ccccc1)P(c1ccccc1)c1ccccc1)C(c1ccccc1)P(c1ccccc1)c1ccccc1. The van der Waals surface area contributed by atoms with E-state index in [2.05, 4.69) is 196 Å². The lowest BCUT2D eigenvalue weighted by atomic mass is 9.74. The van der Waals surface area contributed by atoms with E-state index in [1.54, 1.807) is 0 Å². The Hall–Kier alpha value is -3.82. The van der Waals surface area contributed by atoms with Crippen molar-refractivity contribution in [1.29, 1.82) is 0 Å². The molecule has 224 valence electrons. The highest BCUT2D eigenvalue weighted by Gasteiger charge is 2.49. The van der Waals surface area contributed by atoms with Crippen LogP contribution in [-0.2, 0) is 0 Å². The molecule has 0 spiro atoms. The Balaban J connectivity index is 1.69. The van der Waals surface area contributed by atoms with Crippen LogP contribution in [0.3, 0.4) is 0 Å². The number of rotatable bonds is 12. The molecule has 0 heterocycles. The maximum atomic E-state index is 2.63. The molecule has 2 unspecified atom stereocenters. The van der Waals surface area contributed by atoms with Crippen molar-refractivity contribution in [3.8, 4) is 0 Å². The minimum Gasteiger partial charge on any atom is -0.0654 e. The van der Waals surface area contributed by atoms with Crippen LogP contribution in [0.1, 0.15) is 49.1 Å². The van der Waals surface area contributed by atoms with Crippen LogP contribution in [0.25, 0.3) is 0 Å². The van der Waals surface area contributed by atoms with E-state index >= 15 is 0 Å². The van der Waals surface area contributed by atoms with Crippen molar-refractivity contribution in [2.75, 3.05) is 0 Å². The van der Waals surface area contributed by atoms with Crippen LogP contribution in [-0.4, -0.2) is 0 Å². The van der Waals surface area contributed by atoms with Crippen LogP contribution in [0.15, 0.2) is 182 Å². The van der Waals surface area contributed by atoms with Crippen molar-refractivity contribution >= 4 is 37.1 Å². The first-order valence-corrected chi connectivity index (χ1v) is 18.9. The molecular formula is C43H42P2. The average molecular weight is 621 g/mol. The summed E-state index contributed by atoms with van der Waals surface area (Å²) in [5.74, 6) is 0. The van der Waals surface area contributed by atoms with Gasteiger partial charge in [-0.3, -0.25) is 0 Å². The minimum atomic E-state index is -0.765. The third-order valence-corrected chi connectivity index (χ3v) is 15.1. The van der Waals surface area contributed by atoms with Gasteiger partial charge in [-0.15, -0.1) is 0 Å². The van der Waals surface area contributed by atoms with Gasteiger partial charge in [-0.25, -0.2) is 0 Å². The van der Waals surface area contributed by atoms with Gasteiger partial charge in [0.15, 0.2) is 0 Å². The van der Waals surface area contributed by atoms with Crippen molar-refractivity contribution in [1.82, 2.24) is 0 Å². The molecule has 2 heteroatoms. The normalized spacial score (nSPS) is 14.1. The minimum absolute atomic E-state index is 0.0910. The molecule has 0 aliphatic carbocycles. The van der Waals surface area contributed by atoms with Crippen molar-refractivity contribution in [2.24, 2.45) is 5.41 Å². The second-order valence-electron chi connectivity index (χ2n) is 12.0. The molecule has 0 bridgehead atoms. The Morgan fingerprint density at radius 2 is 0.644 bits per heavy atom. The zero-order valence-electron chi connectivity index (χ0n) is 26.3. The quantitative estimate of drug-likeness (QED) is 0.119. The molecule has 6 rings (SSSR count). The Morgan fingerprint density at radius 1 is 0.400 bits per heavy atom. The fraction of sp³-hybridized carbons (Fsp3) is 0.163. The number of benzene rings is 6. The van der Waals surface area contributed by atoms with Gasteiger partial charge in [-0.05, 0) is 60.0 Å². The van der Waals surface area contributed by atoms with Crippen LogP contribution in [0, 0.1) is 5.41 Å². The summed E-state index contributed by atoms with van der Waals surface area (Å²) in [6.45, 7) is 5.01. The third-order valence-electron chi connectivity index (χ3n) is 8.92. The summed E-state index contributed by atoms with van der Waals surface area (Å²) in [4.78, 5) is 0. The lowest BCUT2D eigenvalue weighted by molar-refractivity contribution is 0.270. The molecule has 0 aliphatic rings. The maximum absolute atomic E-state index is 2.63. The van der Waals surface area contributed by atoms with Gasteiger partial charge in [-0.2, -0.15) is 0 Å². The Kier molecular flexibility index (Phi) is 10.4. The Labute approximate surface area is 272 Å². The van der Waals surface area contributed by atoms with E-state index in [0.29, 0.717) is 0 Å². The number of hydrogen-bond donors (Lipinski definition) is 0. The van der Waals surface area contributed by atoms with E-state index in [1.165, 1.54) is 32.3 Å². The molecule has 6 aromatic rings. The smallest absolute Gasteiger partial charge is 0.0185 e. The monoisotopic (exact) mass is 620 g/mol. The topological polar surface area (TPSA) is 0 Å². The standard InChI is InChI=1S/C43H42P2/c1-3-34-43(2,41(35-22-10-4-11-23-35)44(37-26-14-6-15-27-37)38-28-16-7-17-29-38)42(36-24-12-5-13-25-36)45(39-30-18-8-19-31-39)40-32-20-9-21-33-40/h4-33,41-42H,3,34H2,1-2H3. The van der Waals surface area contributed by atoms with Gasteiger partial charge >= 0.3 is 0 Å². The first-order chi connectivity index (χ1) is 22.2. The molecule has 0 aliphatic heterocycles. The highest BCUT2D eigenvalue weighted by atomic mass is 31.1. The predicted molar refractivity (Wildman–Crippen MR) is 200 cm³/mol. The highest BCUT2D eigenvalue weighted by Crippen LogP contribution is 2.70. The van der Waals surface area contributed by atoms with Gasteiger partial charge in [0, 0.05) is 11.3 Å². The maximum Gasteiger partial charge on any atom is 0.0185 e. The van der Waals surface area contributed by atoms with Crippen molar-refractivity contribution in [3.63, 3.8) is 0 Å². The van der Waals surface area contributed by atoms with Gasteiger partial charge < -0.3 is 0 Å². The zero-order chi connectivity index (χ0) is 30.9. The summed E-state index contributed by atoms with van der Waals surface area (Å²) < 4.78 is 0. The average Bonchev–Trinajstić information content (AvgIpc) is 3.11. The lowest BCUT2D eigenvalue weighted by Gasteiger charge is -2.51. The zero-order valence-corrected chi connectivity index (χ0v) is 28.1. The second kappa shape index (κ2) is 15.0. The summed E-state index contributed by atoms with van der Waals surface area (Å²) in [6.07, 6.45) is 2.23. The first kappa shape index (κ1) is 31.2. The number of hydrogen-bond acceptors (Lipinski definition) is 0. The van der Waals surface area contributed by atoms with Crippen molar-refractivity contribution in [3.05, 3.63) is 193 Å². The third kappa shape index (κ3) is 6.89. The molecule has 0 nitrogen and oxygen atoms in total. The Bertz CT molecular complexity index is 1500.